The maximum Gasteiger partial charge on any atom is 0.103 e. The SMILES string of the molecule is Cc1nn(C)c(Sc2ccc(Cl)c(Cl)c2)c1CNC1CC1. The van der Waals surface area contributed by atoms with Gasteiger partial charge >= 0.3 is 0 Å². The summed E-state index contributed by atoms with van der Waals surface area (Å²) in [6, 6.07) is 6.40. The van der Waals surface area contributed by atoms with Crippen molar-refractivity contribution >= 4 is 35.0 Å². The summed E-state index contributed by atoms with van der Waals surface area (Å²) in [5.74, 6) is 0. The summed E-state index contributed by atoms with van der Waals surface area (Å²) >= 11 is 13.7. The van der Waals surface area contributed by atoms with Crippen LogP contribution in [0, 0.1) is 6.92 Å². The largest absolute Gasteiger partial charge is 0.310 e. The van der Waals surface area contributed by atoms with E-state index in [2.05, 4.69) is 17.3 Å². The molecule has 0 saturated heterocycles. The molecule has 3 nitrogen and oxygen atoms in total. The number of nitrogens with one attached hydrogen (secondary N) is 1. The number of aromatic nitrogens is 2. The third-order valence-electron chi connectivity index (χ3n) is 3.54. The first-order valence-electron chi connectivity index (χ1n) is 6.93. The molecule has 1 aliphatic rings. The third kappa shape index (κ3) is 3.57. The van der Waals surface area contributed by atoms with Crippen molar-refractivity contribution in [2.24, 2.45) is 7.05 Å². The van der Waals surface area contributed by atoms with Crippen LogP contribution >= 0.6 is 35.0 Å². The lowest BCUT2D eigenvalue weighted by atomic mass is 10.2. The number of aryl methyl sites for hydroxylation is 2. The Labute approximate surface area is 139 Å². The lowest BCUT2D eigenvalue weighted by Crippen LogP contribution is -2.16. The topological polar surface area (TPSA) is 29.9 Å². The zero-order valence-corrected chi connectivity index (χ0v) is 14.3. The number of halogens is 2. The summed E-state index contributed by atoms with van der Waals surface area (Å²) < 4.78 is 1.94. The van der Waals surface area contributed by atoms with Crippen molar-refractivity contribution in [3.63, 3.8) is 0 Å². The molecule has 1 saturated carbocycles. The fraction of sp³-hybridized carbons (Fsp3) is 0.400. The first-order chi connectivity index (χ1) is 10.0. The van der Waals surface area contributed by atoms with E-state index < -0.39 is 0 Å². The molecule has 0 radical (unpaired) electrons. The second-order valence-corrected chi connectivity index (χ2v) is 7.20. The van der Waals surface area contributed by atoms with E-state index in [0.717, 1.165) is 22.2 Å². The molecule has 1 aliphatic carbocycles. The van der Waals surface area contributed by atoms with Gasteiger partial charge in [0.05, 0.1) is 15.7 Å². The summed E-state index contributed by atoms with van der Waals surface area (Å²) in [5.41, 5.74) is 2.34. The van der Waals surface area contributed by atoms with Crippen LogP contribution in [-0.4, -0.2) is 15.8 Å². The van der Waals surface area contributed by atoms with Crippen molar-refractivity contribution in [3.05, 3.63) is 39.5 Å². The van der Waals surface area contributed by atoms with E-state index in [1.54, 1.807) is 11.8 Å². The molecule has 6 heteroatoms. The lowest BCUT2D eigenvalue weighted by Gasteiger charge is -2.08. The molecule has 1 N–H and O–H groups in total. The van der Waals surface area contributed by atoms with Gasteiger partial charge in [0.15, 0.2) is 0 Å². The Balaban J connectivity index is 1.84. The molecule has 0 atom stereocenters. The zero-order chi connectivity index (χ0) is 15.0. The van der Waals surface area contributed by atoms with Crippen molar-refractivity contribution in [1.29, 1.82) is 0 Å². The molecule has 1 aromatic carbocycles. The number of hydrogen-bond donors (Lipinski definition) is 1. The van der Waals surface area contributed by atoms with E-state index >= 15 is 0 Å². The highest BCUT2D eigenvalue weighted by Crippen LogP contribution is 2.35. The van der Waals surface area contributed by atoms with Gasteiger partial charge in [-0.2, -0.15) is 5.10 Å². The summed E-state index contributed by atoms with van der Waals surface area (Å²) in [6.07, 6.45) is 2.57. The van der Waals surface area contributed by atoms with Crippen LogP contribution in [-0.2, 0) is 13.6 Å². The maximum atomic E-state index is 6.10. The second-order valence-electron chi connectivity index (χ2n) is 5.33. The van der Waals surface area contributed by atoms with E-state index in [1.807, 2.05) is 29.9 Å². The summed E-state index contributed by atoms with van der Waals surface area (Å²) in [7, 11) is 1.98. The van der Waals surface area contributed by atoms with Gasteiger partial charge in [0.1, 0.15) is 5.03 Å². The molecule has 1 aromatic heterocycles. The van der Waals surface area contributed by atoms with Gasteiger partial charge in [-0.05, 0) is 38.0 Å². The third-order valence-corrected chi connectivity index (χ3v) is 5.47. The molecule has 0 amide bonds. The van der Waals surface area contributed by atoms with Crippen LogP contribution in [0.5, 0.6) is 0 Å². The Morgan fingerprint density at radius 1 is 1.33 bits per heavy atom. The summed E-state index contributed by atoms with van der Waals surface area (Å²) in [4.78, 5) is 1.07. The lowest BCUT2D eigenvalue weighted by molar-refractivity contribution is 0.658. The van der Waals surface area contributed by atoms with E-state index in [9.17, 15) is 0 Å². The van der Waals surface area contributed by atoms with Gasteiger partial charge in [-0.25, -0.2) is 0 Å². The van der Waals surface area contributed by atoms with Crippen LogP contribution in [0.15, 0.2) is 28.1 Å². The van der Waals surface area contributed by atoms with Crippen molar-refractivity contribution < 1.29 is 0 Å². The van der Waals surface area contributed by atoms with Gasteiger partial charge in [-0.1, -0.05) is 35.0 Å². The molecule has 0 aliphatic heterocycles. The minimum atomic E-state index is 0.581. The molecule has 0 unspecified atom stereocenters. The van der Waals surface area contributed by atoms with Crippen molar-refractivity contribution in [3.8, 4) is 0 Å². The fourth-order valence-corrected chi connectivity index (χ4v) is 3.61. The van der Waals surface area contributed by atoms with Gasteiger partial charge in [-0.15, -0.1) is 0 Å². The molecule has 21 heavy (non-hydrogen) atoms. The highest BCUT2D eigenvalue weighted by Gasteiger charge is 2.22. The molecule has 1 fully saturated rings. The Morgan fingerprint density at radius 2 is 2.10 bits per heavy atom. The molecular weight excluding hydrogens is 325 g/mol. The fourth-order valence-electron chi connectivity index (χ4n) is 2.20. The molecule has 2 aromatic rings. The predicted octanol–water partition coefficient (Wildman–Crippen LogP) is 4.44. The molecule has 0 spiro atoms. The highest BCUT2D eigenvalue weighted by molar-refractivity contribution is 7.99. The van der Waals surface area contributed by atoms with Crippen LogP contribution in [0.25, 0.3) is 0 Å². The standard InChI is InChI=1S/C15H17Cl2N3S/c1-9-12(8-18-10-3-4-10)15(20(2)19-9)21-11-5-6-13(16)14(17)7-11/h5-7,10,18H,3-4,8H2,1-2H3. The van der Waals surface area contributed by atoms with Crippen LogP contribution in [0.3, 0.4) is 0 Å². The first kappa shape index (κ1) is 15.2. The number of rotatable bonds is 5. The second kappa shape index (κ2) is 6.21. The van der Waals surface area contributed by atoms with Crippen molar-refractivity contribution in [1.82, 2.24) is 15.1 Å². The smallest absolute Gasteiger partial charge is 0.103 e. The maximum absolute atomic E-state index is 6.10. The van der Waals surface area contributed by atoms with Crippen LogP contribution in [0.1, 0.15) is 24.1 Å². The Morgan fingerprint density at radius 3 is 2.76 bits per heavy atom. The minimum Gasteiger partial charge on any atom is -0.310 e. The molecular formula is C15H17Cl2N3S. The van der Waals surface area contributed by atoms with E-state index in [0.29, 0.717) is 16.1 Å². The van der Waals surface area contributed by atoms with Crippen LogP contribution in [0.4, 0.5) is 0 Å². The van der Waals surface area contributed by atoms with Gasteiger partial charge in [-0.3, -0.25) is 4.68 Å². The highest BCUT2D eigenvalue weighted by atomic mass is 35.5. The van der Waals surface area contributed by atoms with Gasteiger partial charge in [0.25, 0.3) is 0 Å². The first-order valence-corrected chi connectivity index (χ1v) is 8.50. The quantitative estimate of drug-likeness (QED) is 0.871. The summed E-state index contributed by atoms with van der Waals surface area (Å²) in [5, 5.41) is 10.4. The monoisotopic (exact) mass is 341 g/mol. The Bertz CT molecular complexity index is 665. The summed E-state index contributed by atoms with van der Waals surface area (Å²) in [6.45, 7) is 2.93. The van der Waals surface area contributed by atoms with E-state index in [-0.39, 0.29) is 0 Å². The van der Waals surface area contributed by atoms with Gasteiger partial charge < -0.3 is 5.32 Å². The zero-order valence-electron chi connectivity index (χ0n) is 12.0. The number of hydrogen-bond acceptors (Lipinski definition) is 3. The Kier molecular flexibility index (Phi) is 4.50. The van der Waals surface area contributed by atoms with Crippen LogP contribution in [0.2, 0.25) is 10.0 Å². The predicted molar refractivity (Wildman–Crippen MR) is 88.4 cm³/mol. The van der Waals surface area contributed by atoms with E-state index in [4.69, 9.17) is 23.2 Å². The number of benzene rings is 1. The Hall–Kier alpha value is -0.680. The van der Waals surface area contributed by atoms with Crippen molar-refractivity contribution in [2.75, 3.05) is 0 Å². The van der Waals surface area contributed by atoms with E-state index in [1.165, 1.54) is 18.4 Å². The van der Waals surface area contributed by atoms with Gasteiger partial charge in [0, 0.05) is 30.1 Å². The number of nitrogens with zero attached hydrogens (tertiary/aromatic N) is 2. The molecule has 112 valence electrons. The minimum absolute atomic E-state index is 0.581. The normalized spacial score (nSPS) is 14.7. The van der Waals surface area contributed by atoms with Crippen molar-refractivity contribution in [2.45, 2.75) is 42.3 Å². The average Bonchev–Trinajstić information content (AvgIpc) is 3.21. The molecule has 0 bridgehead atoms. The molecule has 3 rings (SSSR count). The van der Waals surface area contributed by atoms with Gasteiger partial charge in [0.2, 0.25) is 0 Å². The van der Waals surface area contributed by atoms with Crippen LogP contribution < -0.4 is 5.32 Å². The average molecular weight is 342 g/mol. The molecule has 1 heterocycles.